The Balaban J connectivity index is 3.01. The van der Waals surface area contributed by atoms with E-state index in [1.54, 1.807) is 0 Å². The van der Waals surface area contributed by atoms with Gasteiger partial charge in [0, 0.05) is 16.6 Å². The average molecular weight is 212 g/mol. The van der Waals surface area contributed by atoms with Crippen molar-refractivity contribution in [2.24, 2.45) is 10.8 Å². The predicted molar refractivity (Wildman–Crippen MR) is 60.4 cm³/mol. The SMILES string of the molecule is CC(C)N=C(NN)c1cccc(Cl)c1. The van der Waals surface area contributed by atoms with E-state index in [1.807, 2.05) is 38.1 Å². The highest BCUT2D eigenvalue weighted by Gasteiger charge is 2.02. The second kappa shape index (κ2) is 4.98. The molecule has 0 spiro atoms. The number of aliphatic imine (C=N–C) groups is 1. The van der Waals surface area contributed by atoms with Gasteiger partial charge in [-0.3, -0.25) is 4.99 Å². The van der Waals surface area contributed by atoms with Crippen molar-refractivity contribution >= 4 is 17.4 Å². The molecular formula is C10H14ClN3. The first-order chi connectivity index (χ1) is 6.63. The Morgan fingerprint density at radius 2 is 2.21 bits per heavy atom. The highest BCUT2D eigenvalue weighted by molar-refractivity contribution is 6.31. The van der Waals surface area contributed by atoms with Crippen molar-refractivity contribution in [3.05, 3.63) is 34.9 Å². The molecule has 1 rings (SSSR count). The van der Waals surface area contributed by atoms with E-state index < -0.39 is 0 Å². The minimum atomic E-state index is 0.194. The quantitative estimate of drug-likeness (QED) is 0.340. The van der Waals surface area contributed by atoms with Crippen LogP contribution >= 0.6 is 11.6 Å². The monoisotopic (exact) mass is 211 g/mol. The van der Waals surface area contributed by atoms with E-state index in [1.165, 1.54) is 0 Å². The molecule has 0 aliphatic rings. The van der Waals surface area contributed by atoms with Crippen LogP contribution in [0.15, 0.2) is 29.3 Å². The normalized spacial score (nSPS) is 11.9. The molecule has 0 saturated heterocycles. The number of nitrogens with one attached hydrogen (secondary N) is 1. The summed E-state index contributed by atoms with van der Waals surface area (Å²) in [5.74, 6) is 6.03. The van der Waals surface area contributed by atoms with Crippen LogP contribution in [0, 0.1) is 0 Å². The molecule has 0 bridgehead atoms. The van der Waals surface area contributed by atoms with E-state index in [-0.39, 0.29) is 6.04 Å². The molecule has 0 radical (unpaired) electrons. The number of nitrogens with zero attached hydrogens (tertiary/aromatic N) is 1. The van der Waals surface area contributed by atoms with Gasteiger partial charge in [0.15, 0.2) is 0 Å². The third kappa shape index (κ3) is 3.01. The number of hydrazine groups is 1. The van der Waals surface area contributed by atoms with Gasteiger partial charge >= 0.3 is 0 Å². The average Bonchev–Trinajstić information content (AvgIpc) is 2.14. The Kier molecular flexibility index (Phi) is 3.92. The lowest BCUT2D eigenvalue weighted by atomic mass is 10.2. The third-order valence-electron chi connectivity index (χ3n) is 1.62. The number of amidine groups is 1. The molecule has 4 heteroatoms. The lowest BCUT2D eigenvalue weighted by Crippen LogP contribution is -2.31. The highest BCUT2D eigenvalue weighted by atomic mass is 35.5. The van der Waals surface area contributed by atoms with Gasteiger partial charge in [-0.15, -0.1) is 0 Å². The van der Waals surface area contributed by atoms with Crippen LogP contribution < -0.4 is 11.3 Å². The van der Waals surface area contributed by atoms with Crippen LogP contribution in [0.4, 0.5) is 0 Å². The molecule has 0 amide bonds. The van der Waals surface area contributed by atoms with Gasteiger partial charge in [0.05, 0.1) is 0 Å². The minimum absolute atomic E-state index is 0.194. The standard InChI is InChI=1S/C10H14ClN3/c1-7(2)13-10(14-12)8-4-3-5-9(11)6-8/h3-7H,12H2,1-2H3,(H,13,14). The Bertz CT molecular complexity index is 334. The van der Waals surface area contributed by atoms with E-state index in [0.717, 1.165) is 5.56 Å². The molecule has 0 heterocycles. The van der Waals surface area contributed by atoms with Crippen LogP contribution in [0.25, 0.3) is 0 Å². The molecule has 0 aliphatic heterocycles. The molecule has 0 unspecified atom stereocenters. The summed E-state index contributed by atoms with van der Waals surface area (Å²) in [5.41, 5.74) is 3.47. The Morgan fingerprint density at radius 1 is 1.50 bits per heavy atom. The van der Waals surface area contributed by atoms with Crippen molar-refractivity contribution in [3.8, 4) is 0 Å². The fraction of sp³-hybridized carbons (Fsp3) is 0.300. The zero-order chi connectivity index (χ0) is 10.6. The maximum atomic E-state index is 5.86. The largest absolute Gasteiger partial charge is 0.308 e. The van der Waals surface area contributed by atoms with Crippen molar-refractivity contribution in [2.45, 2.75) is 19.9 Å². The minimum Gasteiger partial charge on any atom is -0.308 e. The summed E-state index contributed by atoms with van der Waals surface area (Å²) >= 11 is 5.86. The summed E-state index contributed by atoms with van der Waals surface area (Å²) in [6.07, 6.45) is 0. The summed E-state index contributed by atoms with van der Waals surface area (Å²) in [4.78, 5) is 4.33. The van der Waals surface area contributed by atoms with Gasteiger partial charge in [0.25, 0.3) is 0 Å². The highest BCUT2D eigenvalue weighted by Crippen LogP contribution is 2.11. The van der Waals surface area contributed by atoms with Crippen molar-refractivity contribution in [1.29, 1.82) is 0 Å². The number of hydrogen-bond donors (Lipinski definition) is 2. The lowest BCUT2D eigenvalue weighted by Gasteiger charge is -2.07. The summed E-state index contributed by atoms with van der Waals surface area (Å²) in [6, 6.07) is 7.61. The Labute approximate surface area is 88.9 Å². The molecule has 1 aromatic rings. The summed E-state index contributed by atoms with van der Waals surface area (Å²) in [6.45, 7) is 3.98. The molecular weight excluding hydrogens is 198 g/mol. The summed E-state index contributed by atoms with van der Waals surface area (Å²) < 4.78 is 0. The molecule has 0 aliphatic carbocycles. The van der Waals surface area contributed by atoms with Crippen LogP contribution in [0.1, 0.15) is 19.4 Å². The van der Waals surface area contributed by atoms with Crippen molar-refractivity contribution in [3.63, 3.8) is 0 Å². The molecule has 76 valence electrons. The topological polar surface area (TPSA) is 50.4 Å². The van der Waals surface area contributed by atoms with Gasteiger partial charge in [-0.2, -0.15) is 0 Å². The maximum Gasteiger partial charge on any atom is 0.142 e. The van der Waals surface area contributed by atoms with Gasteiger partial charge in [-0.25, -0.2) is 5.84 Å². The van der Waals surface area contributed by atoms with Crippen LogP contribution in [0.3, 0.4) is 0 Å². The molecule has 0 aromatic heterocycles. The van der Waals surface area contributed by atoms with Crippen molar-refractivity contribution in [1.82, 2.24) is 5.43 Å². The first-order valence-corrected chi connectivity index (χ1v) is 4.81. The molecule has 3 nitrogen and oxygen atoms in total. The third-order valence-corrected chi connectivity index (χ3v) is 1.86. The van der Waals surface area contributed by atoms with Crippen LogP contribution in [0.5, 0.6) is 0 Å². The zero-order valence-electron chi connectivity index (χ0n) is 8.29. The van der Waals surface area contributed by atoms with Gasteiger partial charge in [0.2, 0.25) is 0 Å². The second-order valence-corrected chi connectivity index (χ2v) is 3.66. The first-order valence-electron chi connectivity index (χ1n) is 4.44. The van der Waals surface area contributed by atoms with Gasteiger partial charge < -0.3 is 5.43 Å². The van der Waals surface area contributed by atoms with Crippen LogP contribution in [-0.4, -0.2) is 11.9 Å². The molecule has 1 aromatic carbocycles. The number of halogens is 1. The molecule has 14 heavy (non-hydrogen) atoms. The zero-order valence-corrected chi connectivity index (χ0v) is 9.05. The smallest absolute Gasteiger partial charge is 0.142 e. The van der Waals surface area contributed by atoms with Gasteiger partial charge in [-0.1, -0.05) is 23.7 Å². The second-order valence-electron chi connectivity index (χ2n) is 3.23. The Morgan fingerprint density at radius 3 is 2.71 bits per heavy atom. The van der Waals surface area contributed by atoms with E-state index in [9.17, 15) is 0 Å². The fourth-order valence-electron chi connectivity index (χ4n) is 1.09. The lowest BCUT2D eigenvalue weighted by molar-refractivity contribution is 0.820. The molecule has 0 saturated carbocycles. The predicted octanol–water partition coefficient (Wildman–Crippen LogP) is 1.96. The number of benzene rings is 1. The van der Waals surface area contributed by atoms with Crippen LogP contribution in [0.2, 0.25) is 5.02 Å². The summed E-state index contributed by atoms with van der Waals surface area (Å²) in [5, 5.41) is 0.675. The Hall–Kier alpha value is -1.06. The fourth-order valence-corrected chi connectivity index (χ4v) is 1.28. The maximum absolute atomic E-state index is 5.86. The molecule has 3 N–H and O–H groups in total. The van der Waals surface area contributed by atoms with Crippen molar-refractivity contribution in [2.75, 3.05) is 0 Å². The van der Waals surface area contributed by atoms with E-state index in [0.29, 0.717) is 10.9 Å². The number of rotatable bonds is 2. The molecule has 0 atom stereocenters. The molecule has 0 fully saturated rings. The van der Waals surface area contributed by atoms with E-state index in [2.05, 4.69) is 10.4 Å². The van der Waals surface area contributed by atoms with E-state index >= 15 is 0 Å². The van der Waals surface area contributed by atoms with E-state index in [4.69, 9.17) is 17.4 Å². The first kappa shape index (κ1) is 11.0. The van der Waals surface area contributed by atoms with Crippen molar-refractivity contribution < 1.29 is 0 Å². The summed E-state index contributed by atoms with van der Waals surface area (Å²) in [7, 11) is 0. The van der Waals surface area contributed by atoms with Gasteiger partial charge in [0.1, 0.15) is 5.84 Å². The number of hydrogen-bond acceptors (Lipinski definition) is 2. The van der Waals surface area contributed by atoms with Gasteiger partial charge in [-0.05, 0) is 26.0 Å². The van der Waals surface area contributed by atoms with Crippen LogP contribution in [-0.2, 0) is 0 Å². The number of nitrogens with two attached hydrogens (primary N) is 1.